The molecule has 0 spiro atoms. The lowest BCUT2D eigenvalue weighted by Gasteiger charge is -2.36. The molecule has 0 aromatic heterocycles. The highest BCUT2D eigenvalue weighted by Crippen LogP contribution is 2.29. The zero-order valence-electron chi connectivity index (χ0n) is 19.4. The van der Waals surface area contributed by atoms with Gasteiger partial charge >= 0.3 is 11.8 Å². The predicted octanol–water partition coefficient (Wildman–Crippen LogP) is 1.98. The number of nitrogens with one attached hydrogen (secondary N) is 2. The molecule has 2 aromatic carbocycles. The molecule has 0 saturated carbocycles. The maximum Gasteiger partial charge on any atom is 0.313 e. The van der Waals surface area contributed by atoms with E-state index in [2.05, 4.69) is 26.5 Å². The Morgan fingerprint density at radius 3 is 2.30 bits per heavy atom. The molecule has 0 atom stereocenters. The Bertz CT molecular complexity index is 944. The number of methoxy groups -OCH3 is 3. The van der Waals surface area contributed by atoms with Crippen LogP contribution in [-0.2, 0) is 9.59 Å². The molecule has 1 saturated heterocycles. The number of hydrogen-bond acceptors (Lipinski definition) is 7. The van der Waals surface area contributed by atoms with E-state index in [0.717, 1.165) is 50.6 Å². The summed E-state index contributed by atoms with van der Waals surface area (Å²) in [6.07, 6.45) is 0.763. The van der Waals surface area contributed by atoms with Gasteiger partial charge in [-0.15, -0.1) is 0 Å². The number of ether oxygens (including phenoxy) is 3. The highest BCUT2D eigenvalue weighted by molar-refractivity contribution is 6.39. The van der Waals surface area contributed by atoms with Crippen LogP contribution in [0.4, 0.5) is 11.4 Å². The average Bonchev–Trinajstić information content (AvgIpc) is 2.87. The summed E-state index contributed by atoms with van der Waals surface area (Å²) in [6.45, 7) is 4.98. The van der Waals surface area contributed by atoms with E-state index in [-0.39, 0.29) is 0 Å². The number of piperazine rings is 1. The van der Waals surface area contributed by atoms with Crippen LogP contribution < -0.4 is 29.7 Å². The fraction of sp³-hybridized carbons (Fsp3) is 0.417. The smallest absolute Gasteiger partial charge is 0.313 e. The molecule has 2 amide bonds. The van der Waals surface area contributed by atoms with E-state index >= 15 is 0 Å². The zero-order chi connectivity index (χ0) is 23.6. The second-order valence-electron chi connectivity index (χ2n) is 7.63. The molecule has 0 aliphatic carbocycles. The topological polar surface area (TPSA) is 92.4 Å². The van der Waals surface area contributed by atoms with Gasteiger partial charge in [-0.05, 0) is 37.2 Å². The number of carbonyl (C=O) groups is 2. The third-order valence-electron chi connectivity index (χ3n) is 5.60. The van der Waals surface area contributed by atoms with Gasteiger partial charge in [0.25, 0.3) is 0 Å². The van der Waals surface area contributed by atoms with Crippen molar-refractivity contribution in [1.29, 1.82) is 0 Å². The Balaban J connectivity index is 1.37. The molecular weight excluding hydrogens is 424 g/mol. The SMILES string of the molecule is COc1ccc(NC(=O)C(=O)NCCCN2CCN(c3ccccc3OC)CC2)c(OC)c1. The van der Waals surface area contributed by atoms with Gasteiger partial charge in [0.1, 0.15) is 17.2 Å². The summed E-state index contributed by atoms with van der Waals surface area (Å²) in [7, 11) is 4.72. The summed E-state index contributed by atoms with van der Waals surface area (Å²) in [6, 6.07) is 13.0. The van der Waals surface area contributed by atoms with E-state index in [1.807, 2.05) is 18.2 Å². The molecule has 1 fully saturated rings. The van der Waals surface area contributed by atoms with Gasteiger partial charge in [-0.1, -0.05) is 12.1 Å². The summed E-state index contributed by atoms with van der Waals surface area (Å²) in [5, 5.41) is 5.26. The Kier molecular flexibility index (Phi) is 8.77. The number of carbonyl (C=O) groups excluding carboxylic acids is 2. The molecule has 2 N–H and O–H groups in total. The van der Waals surface area contributed by atoms with Crippen molar-refractivity contribution in [2.45, 2.75) is 6.42 Å². The van der Waals surface area contributed by atoms with Gasteiger partial charge in [0, 0.05) is 38.8 Å². The van der Waals surface area contributed by atoms with Crippen molar-refractivity contribution >= 4 is 23.2 Å². The Hall–Kier alpha value is -3.46. The van der Waals surface area contributed by atoms with Crippen LogP contribution in [0.1, 0.15) is 6.42 Å². The van der Waals surface area contributed by atoms with Crippen molar-refractivity contribution in [3.8, 4) is 17.2 Å². The number of rotatable bonds is 9. The van der Waals surface area contributed by atoms with E-state index in [1.54, 1.807) is 32.4 Å². The summed E-state index contributed by atoms with van der Waals surface area (Å²) in [4.78, 5) is 29.1. The zero-order valence-corrected chi connectivity index (χ0v) is 19.4. The minimum atomic E-state index is -0.733. The molecule has 3 rings (SSSR count). The quantitative estimate of drug-likeness (QED) is 0.440. The Morgan fingerprint density at radius 1 is 0.879 bits per heavy atom. The molecule has 178 valence electrons. The minimum Gasteiger partial charge on any atom is -0.497 e. The molecule has 1 aliphatic heterocycles. The summed E-state index contributed by atoms with van der Waals surface area (Å²) >= 11 is 0. The normalized spacial score (nSPS) is 13.8. The van der Waals surface area contributed by atoms with Gasteiger partial charge in [-0.2, -0.15) is 0 Å². The van der Waals surface area contributed by atoms with Crippen LogP contribution in [0.3, 0.4) is 0 Å². The number of amides is 2. The molecule has 0 radical (unpaired) electrons. The van der Waals surface area contributed by atoms with E-state index in [9.17, 15) is 9.59 Å². The lowest BCUT2D eigenvalue weighted by Crippen LogP contribution is -2.47. The molecular formula is C24H32N4O5. The molecule has 0 unspecified atom stereocenters. The third kappa shape index (κ3) is 6.52. The number of hydrogen-bond donors (Lipinski definition) is 2. The van der Waals surface area contributed by atoms with Gasteiger partial charge in [-0.3, -0.25) is 14.5 Å². The molecule has 2 aromatic rings. The van der Waals surface area contributed by atoms with E-state index in [4.69, 9.17) is 14.2 Å². The summed E-state index contributed by atoms with van der Waals surface area (Å²) in [5.41, 5.74) is 1.53. The first-order valence-electron chi connectivity index (χ1n) is 11.0. The standard InChI is InChI=1S/C24H32N4O5/c1-31-18-9-10-19(22(17-18)33-3)26-24(30)23(29)25-11-6-12-27-13-15-28(16-14-27)20-7-4-5-8-21(20)32-2/h4-5,7-10,17H,6,11-16H2,1-3H3,(H,25,29)(H,26,30). The molecule has 1 heterocycles. The van der Waals surface area contributed by atoms with Gasteiger partial charge in [-0.25, -0.2) is 0 Å². The predicted molar refractivity (Wildman–Crippen MR) is 127 cm³/mol. The van der Waals surface area contributed by atoms with Gasteiger partial charge in [0.15, 0.2) is 0 Å². The Labute approximate surface area is 194 Å². The van der Waals surface area contributed by atoms with E-state index in [0.29, 0.717) is 23.7 Å². The van der Waals surface area contributed by atoms with Crippen LogP contribution in [0, 0.1) is 0 Å². The number of benzene rings is 2. The van der Waals surface area contributed by atoms with Crippen LogP contribution in [0.15, 0.2) is 42.5 Å². The monoisotopic (exact) mass is 456 g/mol. The first-order valence-corrected chi connectivity index (χ1v) is 11.0. The maximum atomic E-state index is 12.2. The largest absolute Gasteiger partial charge is 0.497 e. The van der Waals surface area contributed by atoms with E-state index < -0.39 is 11.8 Å². The van der Waals surface area contributed by atoms with Gasteiger partial charge in [0.05, 0.1) is 32.7 Å². The lowest BCUT2D eigenvalue weighted by atomic mass is 10.2. The average molecular weight is 457 g/mol. The fourth-order valence-corrected chi connectivity index (χ4v) is 3.77. The molecule has 9 heteroatoms. The number of anilines is 2. The van der Waals surface area contributed by atoms with Crippen molar-refractivity contribution in [3.63, 3.8) is 0 Å². The van der Waals surface area contributed by atoms with Crippen molar-refractivity contribution in [3.05, 3.63) is 42.5 Å². The van der Waals surface area contributed by atoms with Crippen LogP contribution in [0.25, 0.3) is 0 Å². The van der Waals surface area contributed by atoms with Crippen LogP contribution in [0.2, 0.25) is 0 Å². The minimum absolute atomic E-state index is 0.409. The maximum absolute atomic E-state index is 12.2. The number of para-hydroxylation sites is 2. The molecule has 1 aliphatic rings. The van der Waals surface area contributed by atoms with Crippen LogP contribution >= 0.6 is 0 Å². The van der Waals surface area contributed by atoms with Crippen LogP contribution in [-0.4, -0.2) is 77.3 Å². The molecule has 9 nitrogen and oxygen atoms in total. The van der Waals surface area contributed by atoms with Crippen molar-refractivity contribution in [2.75, 3.05) is 70.8 Å². The van der Waals surface area contributed by atoms with Crippen LogP contribution in [0.5, 0.6) is 17.2 Å². The van der Waals surface area contributed by atoms with Gasteiger partial charge in [0.2, 0.25) is 0 Å². The fourth-order valence-electron chi connectivity index (χ4n) is 3.77. The number of nitrogens with zero attached hydrogens (tertiary/aromatic N) is 2. The van der Waals surface area contributed by atoms with Crippen molar-refractivity contribution in [1.82, 2.24) is 10.2 Å². The van der Waals surface area contributed by atoms with E-state index in [1.165, 1.54) is 7.11 Å². The Morgan fingerprint density at radius 2 is 1.61 bits per heavy atom. The highest BCUT2D eigenvalue weighted by Gasteiger charge is 2.20. The highest BCUT2D eigenvalue weighted by atomic mass is 16.5. The molecule has 33 heavy (non-hydrogen) atoms. The second-order valence-corrected chi connectivity index (χ2v) is 7.63. The summed E-state index contributed by atoms with van der Waals surface area (Å²) < 4.78 is 15.8. The second kappa shape index (κ2) is 12.0. The van der Waals surface area contributed by atoms with Gasteiger partial charge < -0.3 is 29.7 Å². The van der Waals surface area contributed by atoms with Crippen molar-refractivity contribution in [2.24, 2.45) is 0 Å². The first-order chi connectivity index (χ1) is 16.0. The lowest BCUT2D eigenvalue weighted by molar-refractivity contribution is -0.136. The molecule has 0 bridgehead atoms. The first kappa shape index (κ1) is 24.2. The summed E-state index contributed by atoms with van der Waals surface area (Å²) in [5.74, 6) is 0.498. The third-order valence-corrected chi connectivity index (χ3v) is 5.60. The van der Waals surface area contributed by atoms with Crippen molar-refractivity contribution < 1.29 is 23.8 Å².